The first-order chi connectivity index (χ1) is 6.65. The Labute approximate surface area is 90.0 Å². The van der Waals surface area contributed by atoms with Crippen molar-refractivity contribution in [3.05, 3.63) is 39.9 Å². The van der Waals surface area contributed by atoms with Crippen LogP contribution < -0.4 is 0 Å². The first-order valence-corrected chi connectivity index (χ1v) is 5.07. The average molecular weight is 211 g/mol. The molecule has 0 fully saturated rings. The SMILES string of the molecule is Cc1cc(C=CCCO)cc(C)c1Cl. The Morgan fingerprint density at radius 1 is 1.29 bits per heavy atom. The first-order valence-electron chi connectivity index (χ1n) is 4.69. The van der Waals surface area contributed by atoms with Crippen LogP contribution in [0.3, 0.4) is 0 Å². The lowest BCUT2D eigenvalue weighted by Gasteiger charge is -2.04. The maximum absolute atomic E-state index is 8.63. The van der Waals surface area contributed by atoms with Crippen LogP contribution in [0.1, 0.15) is 23.1 Å². The van der Waals surface area contributed by atoms with Crippen molar-refractivity contribution in [3.8, 4) is 0 Å². The minimum Gasteiger partial charge on any atom is -0.396 e. The van der Waals surface area contributed by atoms with Crippen LogP contribution in [-0.2, 0) is 0 Å². The Morgan fingerprint density at radius 3 is 2.36 bits per heavy atom. The molecule has 0 amide bonds. The maximum Gasteiger partial charge on any atom is 0.0465 e. The number of rotatable bonds is 3. The van der Waals surface area contributed by atoms with Crippen LogP contribution in [0.25, 0.3) is 6.08 Å². The predicted molar refractivity (Wildman–Crippen MR) is 61.7 cm³/mol. The summed E-state index contributed by atoms with van der Waals surface area (Å²) >= 11 is 6.05. The van der Waals surface area contributed by atoms with Crippen LogP contribution in [0.5, 0.6) is 0 Å². The average Bonchev–Trinajstić information content (AvgIpc) is 2.14. The van der Waals surface area contributed by atoms with Crippen molar-refractivity contribution in [1.29, 1.82) is 0 Å². The van der Waals surface area contributed by atoms with E-state index in [0.717, 1.165) is 21.7 Å². The summed E-state index contributed by atoms with van der Waals surface area (Å²) in [6.07, 6.45) is 4.66. The third-order valence-electron chi connectivity index (χ3n) is 2.06. The lowest BCUT2D eigenvalue weighted by molar-refractivity contribution is 0.303. The number of aryl methyl sites for hydroxylation is 2. The summed E-state index contributed by atoms with van der Waals surface area (Å²) in [6.45, 7) is 4.19. The Balaban J connectivity index is 2.89. The minimum atomic E-state index is 0.196. The molecule has 0 unspecified atom stereocenters. The standard InChI is InChI=1S/C12H15ClO/c1-9-7-11(5-3-4-6-14)8-10(2)12(9)13/h3,5,7-8,14H,4,6H2,1-2H3. The zero-order valence-electron chi connectivity index (χ0n) is 8.55. The monoisotopic (exact) mass is 210 g/mol. The molecule has 76 valence electrons. The van der Waals surface area contributed by atoms with Gasteiger partial charge in [0.15, 0.2) is 0 Å². The van der Waals surface area contributed by atoms with E-state index in [0.29, 0.717) is 6.42 Å². The Morgan fingerprint density at radius 2 is 1.86 bits per heavy atom. The van der Waals surface area contributed by atoms with Gasteiger partial charge >= 0.3 is 0 Å². The number of aliphatic hydroxyl groups excluding tert-OH is 1. The van der Waals surface area contributed by atoms with Crippen molar-refractivity contribution in [3.63, 3.8) is 0 Å². The molecule has 1 N–H and O–H groups in total. The van der Waals surface area contributed by atoms with E-state index in [1.54, 1.807) is 0 Å². The van der Waals surface area contributed by atoms with Crippen LogP contribution in [0.2, 0.25) is 5.02 Å². The van der Waals surface area contributed by atoms with Gasteiger partial charge in [-0.1, -0.05) is 35.9 Å². The molecule has 0 atom stereocenters. The zero-order chi connectivity index (χ0) is 10.6. The molecule has 0 aliphatic heterocycles. The molecule has 0 bridgehead atoms. The lowest BCUT2D eigenvalue weighted by atomic mass is 10.1. The zero-order valence-corrected chi connectivity index (χ0v) is 9.30. The highest BCUT2D eigenvalue weighted by Gasteiger charge is 1.99. The van der Waals surface area contributed by atoms with E-state index in [2.05, 4.69) is 0 Å². The second-order valence-corrected chi connectivity index (χ2v) is 3.76. The van der Waals surface area contributed by atoms with Crippen LogP contribution in [0.15, 0.2) is 18.2 Å². The van der Waals surface area contributed by atoms with Crippen molar-refractivity contribution in [2.75, 3.05) is 6.61 Å². The van der Waals surface area contributed by atoms with Crippen LogP contribution in [0.4, 0.5) is 0 Å². The molecule has 1 aromatic carbocycles. The number of hydrogen-bond acceptors (Lipinski definition) is 1. The van der Waals surface area contributed by atoms with Gasteiger partial charge in [0.25, 0.3) is 0 Å². The minimum absolute atomic E-state index is 0.196. The molecular weight excluding hydrogens is 196 g/mol. The predicted octanol–water partition coefficient (Wildman–Crippen LogP) is 3.35. The second kappa shape index (κ2) is 5.18. The molecule has 0 aromatic heterocycles. The Bertz CT molecular complexity index is 319. The highest BCUT2D eigenvalue weighted by Crippen LogP contribution is 2.22. The molecule has 0 spiro atoms. The Kier molecular flexibility index (Phi) is 4.18. The van der Waals surface area contributed by atoms with E-state index in [1.807, 2.05) is 38.1 Å². The fraction of sp³-hybridized carbons (Fsp3) is 0.333. The molecule has 0 aliphatic carbocycles. The summed E-state index contributed by atoms with van der Waals surface area (Å²) in [5.74, 6) is 0. The molecule has 0 saturated carbocycles. The van der Waals surface area contributed by atoms with Crippen molar-refractivity contribution in [2.24, 2.45) is 0 Å². The maximum atomic E-state index is 8.63. The van der Waals surface area contributed by atoms with Gasteiger partial charge in [-0.3, -0.25) is 0 Å². The second-order valence-electron chi connectivity index (χ2n) is 3.38. The Hall–Kier alpha value is -0.790. The van der Waals surface area contributed by atoms with Crippen LogP contribution in [0, 0.1) is 13.8 Å². The van der Waals surface area contributed by atoms with Gasteiger partial charge in [0.1, 0.15) is 0 Å². The molecule has 14 heavy (non-hydrogen) atoms. The third kappa shape index (κ3) is 2.86. The highest BCUT2D eigenvalue weighted by atomic mass is 35.5. The first kappa shape index (κ1) is 11.3. The fourth-order valence-corrected chi connectivity index (χ4v) is 1.48. The van der Waals surface area contributed by atoms with Crippen molar-refractivity contribution in [1.82, 2.24) is 0 Å². The number of benzene rings is 1. The van der Waals surface area contributed by atoms with Gasteiger partial charge < -0.3 is 5.11 Å². The molecule has 0 saturated heterocycles. The van der Waals surface area contributed by atoms with E-state index in [4.69, 9.17) is 16.7 Å². The molecule has 2 heteroatoms. The summed E-state index contributed by atoms with van der Waals surface area (Å²) in [4.78, 5) is 0. The van der Waals surface area contributed by atoms with Gasteiger partial charge in [0, 0.05) is 11.6 Å². The largest absolute Gasteiger partial charge is 0.396 e. The van der Waals surface area contributed by atoms with Gasteiger partial charge in [-0.05, 0) is 37.0 Å². The van der Waals surface area contributed by atoms with Crippen molar-refractivity contribution >= 4 is 17.7 Å². The summed E-state index contributed by atoms with van der Waals surface area (Å²) in [6, 6.07) is 4.09. The molecule has 1 aromatic rings. The van der Waals surface area contributed by atoms with E-state index in [9.17, 15) is 0 Å². The summed E-state index contributed by atoms with van der Waals surface area (Å²) in [5.41, 5.74) is 3.32. The quantitative estimate of drug-likeness (QED) is 0.811. The van der Waals surface area contributed by atoms with E-state index >= 15 is 0 Å². The van der Waals surface area contributed by atoms with Gasteiger partial charge in [-0.15, -0.1) is 0 Å². The third-order valence-corrected chi connectivity index (χ3v) is 2.66. The molecule has 0 radical (unpaired) electrons. The number of halogens is 1. The molecular formula is C12H15ClO. The highest BCUT2D eigenvalue weighted by molar-refractivity contribution is 6.32. The van der Waals surface area contributed by atoms with E-state index in [1.165, 1.54) is 0 Å². The normalized spacial score (nSPS) is 11.1. The van der Waals surface area contributed by atoms with Gasteiger partial charge in [0.05, 0.1) is 0 Å². The molecule has 0 heterocycles. The van der Waals surface area contributed by atoms with Crippen LogP contribution >= 0.6 is 11.6 Å². The summed E-state index contributed by atoms with van der Waals surface area (Å²) < 4.78 is 0. The van der Waals surface area contributed by atoms with Gasteiger partial charge in [-0.25, -0.2) is 0 Å². The summed E-state index contributed by atoms with van der Waals surface area (Å²) in [5, 5.41) is 9.46. The van der Waals surface area contributed by atoms with Gasteiger partial charge in [-0.2, -0.15) is 0 Å². The van der Waals surface area contributed by atoms with Crippen molar-refractivity contribution < 1.29 is 5.11 Å². The lowest BCUT2D eigenvalue weighted by Crippen LogP contribution is -1.84. The van der Waals surface area contributed by atoms with Crippen LogP contribution in [-0.4, -0.2) is 11.7 Å². The topological polar surface area (TPSA) is 20.2 Å². The number of hydrogen-bond donors (Lipinski definition) is 1. The summed E-state index contributed by atoms with van der Waals surface area (Å²) in [7, 11) is 0. The molecule has 1 rings (SSSR count). The molecule has 1 nitrogen and oxygen atoms in total. The molecule has 0 aliphatic rings. The van der Waals surface area contributed by atoms with Crippen molar-refractivity contribution in [2.45, 2.75) is 20.3 Å². The van der Waals surface area contributed by atoms with Gasteiger partial charge in [0.2, 0.25) is 0 Å². The van der Waals surface area contributed by atoms with E-state index in [-0.39, 0.29) is 6.61 Å². The number of aliphatic hydroxyl groups is 1. The fourth-order valence-electron chi connectivity index (χ4n) is 1.37. The smallest absolute Gasteiger partial charge is 0.0465 e. The van der Waals surface area contributed by atoms with E-state index < -0.39 is 0 Å².